The Balaban J connectivity index is 3.19. The van der Waals surface area contributed by atoms with Gasteiger partial charge < -0.3 is 0 Å². The molecule has 0 aromatic carbocycles. The molecule has 0 atom stereocenters. The molecule has 90 valence electrons. The van der Waals surface area contributed by atoms with Crippen LogP contribution in [0.2, 0.25) is 5.28 Å². The third-order valence-electron chi connectivity index (χ3n) is 2.13. The first-order valence-corrected chi connectivity index (χ1v) is 5.87. The Morgan fingerprint density at radius 3 is 2.53 bits per heavy atom. The fourth-order valence-corrected chi connectivity index (χ4v) is 1.50. The molecule has 0 N–H and O–H groups in total. The zero-order chi connectivity index (χ0) is 12.8. The Kier molecular flexibility index (Phi) is 5.04. The highest BCUT2D eigenvalue weighted by Crippen LogP contribution is 2.16. The number of allylic oxidation sites excluding steroid dienone is 5. The van der Waals surface area contributed by atoms with Crippen LogP contribution in [0.1, 0.15) is 38.8 Å². The molecule has 3 nitrogen and oxygen atoms in total. The monoisotopic (exact) mass is 249 g/mol. The van der Waals surface area contributed by atoms with Gasteiger partial charge in [-0.25, -0.2) is 4.98 Å². The van der Waals surface area contributed by atoms with Gasteiger partial charge >= 0.3 is 0 Å². The molecule has 0 aliphatic heterocycles. The fourth-order valence-electron chi connectivity index (χ4n) is 1.34. The lowest BCUT2D eigenvalue weighted by atomic mass is 10.2. The Hall–Kier alpha value is -1.48. The van der Waals surface area contributed by atoms with E-state index >= 15 is 0 Å². The number of hydrogen-bond donors (Lipinski definition) is 0. The van der Waals surface area contributed by atoms with Crippen LogP contribution in [0.3, 0.4) is 0 Å². The van der Waals surface area contributed by atoms with Crippen molar-refractivity contribution in [2.75, 3.05) is 0 Å². The second-order valence-electron chi connectivity index (χ2n) is 3.57. The highest BCUT2D eigenvalue weighted by atomic mass is 35.5. The van der Waals surface area contributed by atoms with Gasteiger partial charge in [-0.05, 0) is 37.4 Å². The lowest BCUT2D eigenvalue weighted by molar-refractivity contribution is 0.988. The molecule has 1 aromatic rings. The van der Waals surface area contributed by atoms with E-state index in [0.717, 1.165) is 17.6 Å². The minimum atomic E-state index is 0.194. The van der Waals surface area contributed by atoms with E-state index in [1.165, 1.54) is 0 Å². The quantitative estimate of drug-likeness (QED) is 0.759. The molecule has 0 saturated carbocycles. The standard InChI is InChI=1S/C13H16ClN3/c1-5-7-9(3)11-15-12(10(4)8-6-2)17-13(14)16-11/h5,7-8H,3,6H2,1-2,4H3. The topological polar surface area (TPSA) is 38.7 Å². The first-order valence-electron chi connectivity index (χ1n) is 5.49. The summed E-state index contributed by atoms with van der Waals surface area (Å²) in [6.45, 7) is 9.82. The van der Waals surface area contributed by atoms with Crippen LogP contribution >= 0.6 is 11.6 Å². The first-order chi connectivity index (χ1) is 8.08. The van der Waals surface area contributed by atoms with Gasteiger partial charge in [0.05, 0.1) is 0 Å². The van der Waals surface area contributed by atoms with Crippen molar-refractivity contribution in [2.45, 2.75) is 27.2 Å². The van der Waals surface area contributed by atoms with Crippen LogP contribution in [0.5, 0.6) is 0 Å². The lowest BCUT2D eigenvalue weighted by Gasteiger charge is -2.04. The molecule has 1 heterocycles. The van der Waals surface area contributed by atoms with Crippen molar-refractivity contribution >= 4 is 22.7 Å². The number of rotatable bonds is 4. The van der Waals surface area contributed by atoms with Gasteiger partial charge in [-0.2, -0.15) is 9.97 Å². The molecule has 0 aliphatic carbocycles. The molecule has 1 rings (SSSR count). The van der Waals surface area contributed by atoms with Crippen molar-refractivity contribution in [3.05, 3.63) is 41.7 Å². The molecule has 0 radical (unpaired) electrons. The van der Waals surface area contributed by atoms with Crippen LogP contribution in [0.4, 0.5) is 0 Å². The third-order valence-corrected chi connectivity index (χ3v) is 2.30. The number of halogens is 1. The summed E-state index contributed by atoms with van der Waals surface area (Å²) in [6.07, 6.45) is 6.71. The van der Waals surface area contributed by atoms with Crippen LogP contribution in [0.15, 0.2) is 24.8 Å². The van der Waals surface area contributed by atoms with Gasteiger partial charge in [0, 0.05) is 5.57 Å². The van der Waals surface area contributed by atoms with E-state index < -0.39 is 0 Å². The number of nitrogens with zero attached hydrogens (tertiary/aromatic N) is 3. The molecule has 0 unspecified atom stereocenters. The summed E-state index contributed by atoms with van der Waals surface area (Å²) in [7, 11) is 0. The molecule has 1 aromatic heterocycles. The predicted molar refractivity (Wildman–Crippen MR) is 72.6 cm³/mol. The lowest BCUT2D eigenvalue weighted by Crippen LogP contribution is -2.01. The largest absolute Gasteiger partial charge is 0.226 e. The van der Waals surface area contributed by atoms with E-state index in [2.05, 4.69) is 28.5 Å². The van der Waals surface area contributed by atoms with Crippen LogP contribution in [0.25, 0.3) is 11.1 Å². The van der Waals surface area contributed by atoms with Crippen molar-refractivity contribution in [2.24, 2.45) is 0 Å². The second kappa shape index (κ2) is 6.30. The van der Waals surface area contributed by atoms with Gasteiger partial charge in [0.1, 0.15) is 0 Å². The number of aromatic nitrogens is 3. The normalized spacial score (nSPS) is 12.1. The average molecular weight is 250 g/mol. The third kappa shape index (κ3) is 3.79. The van der Waals surface area contributed by atoms with Gasteiger partial charge in [0.2, 0.25) is 5.28 Å². The molecule has 0 spiro atoms. The molecule has 0 amide bonds. The van der Waals surface area contributed by atoms with Crippen molar-refractivity contribution in [1.82, 2.24) is 15.0 Å². The van der Waals surface area contributed by atoms with Crippen LogP contribution < -0.4 is 0 Å². The number of hydrogen-bond acceptors (Lipinski definition) is 3. The summed E-state index contributed by atoms with van der Waals surface area (Å²) >= 11 is 5.88. The van der Waals surface area contributed by atoms with E-state index in [1.54, 1.807) is 0 Å². The van der Waals surface area contributed by atoms with Crippen molar-refractivity contribution in [1.29, 1.82) is 0 Å². The van der Waals surface area contributed by atoms with E-state index in [9.17, 15) is 0 Å². The smallest absolute Gasteiger partial charge is 0.208 e. The summed E-state index contributed by atoms with van der Waals surface area (Å²) in [6, 6.07) is 0. The van der Waals surface area contributed by atoms with E-state index in [-0.39, 0.29) is 5.28 Å². The van der Waals surface area contributed by atoms with E-state index in [1.807, 2.05) is 32.1 Å². The van der Waals surface area contributed by atoms with Gasteiger partial charge in [-0.3, -0.25) is 0 Å². The van der Waals surface area contributed by atoms with Crippen molar-refractivity contribution in [3.8, 4) is 0 Å². The minimum Gasteiger partial charge on any atom is -0.208 e. The molecule has 4 heteroatoms. The maximum Gasteiger partial charge on any atom is 0.226 e. The van der Waals surface area contributed by atoms with Crippen molar-refractivity contribution < 1.29 is 0 Å². The highest BCUT2D eigenvalue weighted by molar-refractivity contribution is 6.28. The highest BCUT2D eigenvalue weighted by Gasteiger charge is 2.07. The molecule has 0 bridgehead atoms. The van der Waals surface area contributed by atoms with Gasteiger partial charge in [0.25, 0.3) is 0 Å². The maximum atomic E-state index is 5.88. The molecular weight excluding hydrogens is 234 g/mol. The molecule has 0 aliphatic rings. The van der Waals surface area contributed by atoms with Crippen LogP contribution in [0, 0.1) is 0 Å². The van der Waals surface area contributed by atoms with Gasteiger partial charge in [-0.15, -0.1) is 0 Å². The summed E-state index contributed by atoms with van der Waals surface area (Å²) in [4.78, 5) is 12.5. The minimum absolute atomic E-state index is 0.194. The fraction of sp³-hybridized carbons (Fsp3) is 0.308. The zero-order valence-electron chi connectivity index (χ0n) is 10.4. The summed E-state index contributed by atoms with van der Waals surface area (Å²) in [5, 5.41) is 0.194. The van der Waals surface area contributed by atoms with E-state index in [4.69, 9.17) is 11.6 Å². The average Bonchev–Trinajstić information content (AvgIpc) is 2.29. The van der Waals surface area contributed by atoms with E-state index in [0.29, 0.717) is 11.6 Å². The predicted octanol–water partition coefficient (Wildman–Crippen LogP) is 3.93. The summed E-state index contributed by atoms with van der Waals surface area (Å²) < 4.78 is 0. The summed E-state index contributed by atoms with van der Waals surface area (Å²) in [5.41, 5.74) is 1.72. The summed E-state index contributed by atoms with van der Waals surface area (Å²) in [5.74, 6) is 1.12. The Morgan fingerprint density at radius 2 is 1.94 bits per heavy atom. The van der Waals surface area contributed by atoms with Crippen LogP contribution in [-0.2, 0) is 0 Å². The molecular formula is C13H16ClN3. The molecule has 0 saturated heterocycles. The Morgan fingerprint density at radius 1 is 1.29 bits per heavy atom. The first kappa shape index (κ1) is 13.6. The molecule has 17 heavy (non-hydrogen) atoms. The van der Waals surface area contributed by atoms with Gasteiger partial charge in [-0.1, -0.05) is 31.7 Å². The SMILES string of the molecule is C=C(C=CC)c1nc(Cl)nc(C(C)=CCC)n1. The Labute approximate surface area is 107 Å². The Bertz CT molecular complexity index is 455. The zero-order valence-corrected chi connectivity index (χ0v) is 11.1. The maximum absolute atomic E-state index is 5.88. The van der Waals surface area contributed by atoms with Gasteiger partial charge in [0.15, 0.2) is 11.6 Å². The van der Waals surface area contributed by atoms with Crippen molar-refractivity contribution in [3.63, 3.8) is 0 Å². The molecule has 0 fully saturated rings. The van der Waals surface area contributed by atoms with Crippen LogP contribution in [-0.4, -0.2) is 15.0 Å². The second-order valence-corrected chi connectivity index (χ2v) is 3.91.